The van der Waals surface area contributed by atoms with Crippen LogP contribution in [0.1, 0.15) is 37.6 Å². The molecule has 0 saturated heterocycles. The van der Waals surface area contributed by atoms with Crippen LogP contribution in [0.5, 0.6) is 11.5 Å². The highest BCUT2D eigenvalue weighted by Crippen LogP contribution is 2.28. The third-order valence-corrected chi connectivity index (χ3v) is 3.43. The summed E-state index contributed by atoms with van der Waals surface area (Å²) in [5.41, 5.74) is 9.66. The average Bonchev–Trinajstić information content (AvgIpc) is 2.58. The second-order valence-electron chi connectivity index (χ2n) is 6.07. The van der Waals surface area contributed by atoms with E-state index in [2.05, 4.69) is 30.0 Å². The van der Waals surface area contributed by atoms with Crippen molar-refractivity contribution in [3.05, 3.63) is 23.8 Å². The molecule has 1 aromatic carbocycles. The Bertz CT molecular complexity index is 648. The Balaban J connectivity index is 2.66. The number of hydrazine groups is 1. The van der Waals surface area contributed by atoms with Gasteiger partial charge in [0.15, 0.2) is 11.5 Å². The van der Waals surface area contributed by atoms with E-state index < -0.39 is 23.9 Å². The van der Waals surface area contributed by atoms with Crippen LogP contribution in [0.25, 0.3) is 0 Å². The van der Waals surface area contributed by atoms with Crippen LogP contribution in [-0.2, 0) is 4.79 Å². The summed E-state index contributed by atoms with van der Waals surface area (Å²) in [7, 11) is 1.48. The maximum absolute atomic E-state index is 12.1. The van der Waals surface area contributed by atoms with Crippen molar-refractivity contribution in [3.63, 3.8) is 0 Å². The minimum atomic E-state index is -0.890. The number of carbonyl (C=O) groups excluding carboxylic acids is 3. The highest BCUT2D eigenvalue weighted by Gasteiger charge is 2.16. The van der Waals surface area contributed by atoms with Gasteiger partial charge in [0.05, 0.1) is 13.7 Å². The van der Waals surface area contributed by atoms with Gasteiger partial charge in [0.25, 0.3) is 11.8 Å². The molecule has 144 valence electrons. The van der Waals surface area contributed by atoms with Crippen LogP contribution in [0.2, 0.25) is 0 Å². The Morgan fingerprint density at radius 2 is 1.81 bits per heavy atom. The van der Waals surface area contributed by atoms with Crippen LogP contribution in [-0.4, -0.2) is 37.6 Å². The third kappa shape index (κ3) is 6.88. The summed E-state index contributed by atoms with van der Waals surface area (Å²) >= 11 is 0. The maximum Gasteiger partial charge on any atom is 0.312 e. The van der Waals surface area contributed by atoms with Crippen LogP contribution in [0.15, 0.2) is 18.2 Å². The van der Waals surface area contributed by atoms with Crippen molar-refractivity contribution in [1.29, 1.82) is 0 Å². The molecule has 0 unspecified atom stereocenters. The molecule has 0 aromatic heterocycles. The molecule has 5 N–H and O–H groups in total. The zero-order valence-electron chi connectivity index (χ0n) is 15.4. The topological polar surface area (TPSA) is 132 Å². The second-order valence-corrected chi connectivity index (χ2v) is 6.07. The number of rotatable bonds is 8. The summed E-state index contributed by atoms with van der Waals surface area (Å²) in [5, 5.41) is 2.20. The number of primary amides is 1. The molecule has 0 saturated carbocycles. The van der Waals surface area contributed by atoms with Crippen LogP contribution < -0.4 is 31.4 Å². The van der Waals surface area contributed by atoms with Gasteiger partial charge in [0, 0.05) is 5.56 Å². The molecule has 4 amide bonds. The molecular formula is C17H26N4O5. The number of methoxy groups -OCH3 is 1. The normalized spacial score (nSPS) is 11.4. The van der Waals surface area contributed by atoms with Gasteiger partial charge in [-0.05, 0) is 37.5 Å². The fourth-order valence-electron chi connectivity index (χ4n) is 1.91. The van der Waals surface area contributed by atoms with Crippen molar-refractivity contribution in [2.45, 2.75) is 33.2 Å². The summed E-state index contributed by atoms with van der Waals surface area (Å²) in [4.78, 5) is 34.6. The van der Waals surface area contributed by atoms with Gasteiger partial charge in [-0.15, -0.1) is 0 Å². The number of benzene rings is 1. The number of nitrogens with one attached hydrogen (secondary N) is 3. The van der Waals surface area contributed by atoms with Crippen molar-refractivity contribution < 1.29 is 23.9 Å². The molecule has 0 aliphatic rings. The average molecular weight is 366 g/mol. The van der Waals surface area contributed by atoms with E-state index in [0.717, 1.165) is 6.42 Å². The number of amides is 4. The minimum absolute atomic E-state index is 0.272. The second kappa shape index (κ2) is 10.1. The van der Waals surface area contributed by atoms with Gasteiger partial charge in [-0.1, -0.05) is 13.8 Å². The Labute approximate surface area is 152 Å². The number of nitrogens with two attached hydrogens (primary N) is 1. The number of urea groups is 1. The number of hydrogen-bond acceptors (Lipinski definition) is 5. The minimum Gasteiger partial charge on any atom is -0.493 e. The Hall–Kier alpha value is -2.97. The van der Waals surface area contributed by atoms with Crippen molar-refractivity contribution in [2.24, 2.45) is 11.7 Å². The molecule has 0 aliphatic heterocycles. The predicted molar refractivity (Wildman–Crippen MR) is 95.7 cm³/mol. The first-order valence-corrected chi connectivity index (χ1v) is 8.21. The van der Waals surface area contributed by atoms with E-state index in [9.17, 15) is 14.4 Å². The fraction of sp³-hybridized carbons (Fsp3) is 0.471. The van der Waals surface area contributed by atoms with Gasteiger partial charge in [-0.2, -0.15) is 0 Å². The molecule has 1 rings (SSSR count). The van der Waals surface area contributed by atoms with Crippen molar-refractivity contribution in [3.8, 4) is 11.5 Å². The molecule has 0 bridgehead atoms. The van der Waals surface area contributed by atoms with E-state index >= 15 is 0 Å². The largest absolute Gasteiger partial charge is 0.493 e. The Morgan fingerprint density at radius 1 is 1.12 bits per heavy atom. The molecule has 9 heteroatoms. The Morgan fingerprint density at radius 3 is 2.38 bits per heavy atom. The molecule has 0 heterocycles. The summed E-state index contributed by atoms with van der Waals surface area (Å²) < 4.78 is 10.9. The lowest BCUT2D eigenvalue weighted by Gasteiger charge is -2.15. The molecule has 0 fully saturated rings. The van der Waals surface area contributed by atoms with E-state index in [1.54, 1.807) is 12.1 Å². The van der Waals surface area contributed by atoms with Crippen LogP contribution >= 0.6 is 0 Å². The highest BCUT2D eigenvalue weighted by molar-refractivity contribution is 5.96. The predicted octanol–water partition coefficient (Wildman–Crippen LogP) is 0.938. The van der Waals surface area contributed by atoms with E-state index in [4.69, 9.17) is 15.2 Å². The zero-order chi connectivity index (χ0) is 19.7. The summed E-state index contributed by atoms with van der Waals surface area (Å²) in [6, 6.07) is 2.97. The third-order valence-electron chi connectivity index (χ3n) is 3.43. The number of hydrogen-bond donors (Lipinski definition) is 4. The molecule has 0 radical (unpaired) electrons. The quantitative estimate of drug-likeness (QED) is 0.508. The lowest BCUT2D eigenvalue weighted by molar-refractivity contribution is -0.123. The SMILES string of the molecule is COc1cc(C(=O)NNC(=O)[C@H](C)NC(N)=O)ccc1OCCC(C)C. The lowest BCUT2D eigenvalue weighted by Crippen LogP contribution is -2.52. The van der Waals surface area contributed by atoms with Crippen LogP contribution in [0.3, 0.4) is 0 Å². The number of carbonyl (C=O) groups is 3. The highest BCUT2D eigenvalue weighted by atomic mass is 16.5. The summed E-state index contributed by atoms with van der Waals surface area (Å²) in [6.07, 6.45) is 0.898. The van der Waals surface area contributed by atoms with Crippen molar-refractivity contribution >= 4 is 17.8 Å². The van der Waals surface area contributed by atoms with E-state index in [1.165, 1.54) is 20.1 Å². The standard InChI is InChI=1S/C17H26N4O5/c1-10(2)7-8-26-13-6-5-12(9-14(13)25-4)16(23)21-20-15(22)11(3)19-17(18)24/h5-6,9-11H,7-8H2,1-4H3,(H,20,22)(H,21,23)(H3,18,19,24)/t11-/m0/s1. The first-order chi connectivity index (χ1) is 12.2. The maximum atomic E-state index is 12.1. The van der Waals surface area contributed by atoms with Crippen LogP contribution in [0, 0.1) is 5.92 Å². The Kier molecular flexibility index (Phi) is 8.20. The van der Waals surface area contributed by atoms with Crippen LogP contribution in [0.4, 0.5) is 4.79 Å². The fourth-order valence-corrected chi connectivity index (χ4v) is 1.91. The molecule has 0 aliphatic carbocycles. The lowest BCUT2D eigenvalue weighted by atomic mass is 10.1. The van der Waals surface area contributed by atoms with Gasteiger partial charge >= 0.3 is 6.03 Å². The van der Waals surface area contributed by atoms with E-state index in [-0.39, 0.29) is 5.56 Å². The molecule has 1 aromatic rings. The molecule has 26 heavy (non-hydrogen) atoms. The summed E-state index contributed by atoms with van der Waals surface area (Å²) in [6.45, 7) is 6.17. The van der Waals surface area contributed by atoms with E-state index in [0.29, 0.717) is 24.0 Å². The monoisotopic (exact) mass is 366 g/mol. The zero-order valence-corrected chi connectivity index (χ0v) is 15.4. The van der Waals surface area contributed by atoms with Gasteiger partial charge < -0.3 is 20.5 Å². The smallest absolute Gasteiger partial charge is 0.312 e. The first-order valence-electron chi connectivity index (χ1n) is 8.21. The van der Waals surface area contributed by atoms with Gasteiger partial charge in [-0.3, -0.25) is 20.4 Å². The van der Waals surface area contributed by atoms with Gasteiger partial charge in [0.2, 0.25) is 0 Å². The summed E-state index contributed by atoms with van der Waals surface area (Å²) in [5.74, 6) is 0.306. The van der Waals surface area contributed by atoms with E-state index in [1.807, 2.05) is 0 Å². The molecular weight excluding hydrogens is 340 g/mol. The van der Waals surface area contributed by atoms with Crippen molar-refractivity contribution in [2.75, 3.05) is 13.7 Å². The molecule has 9 nitrogen and oxygen atoms in total. The van der Waals surface area contributed by atoms with Crippen molar-refractivity contribution in [1.82, 2.24) is 16.2 Å². The van der Waals surface area contributed by atoms with Gasteiger partial charge in [0.1, 0.15) is 6.04 Å². The van der Waals surface area contributed by atoms with Gasteiger partial charge in [-0.25, -0.2) is 4.79 Å². The number of ether oxygens (including phenoxy) is 2. The first kappa shape index (κ1) is 21.1. The molecule has 0 spiro atoms. The molecule has 1 atom stereocenters.